The van der Waals surface area contributed by atoms with E-state index in [1.54, 1.807) is 0 Å². The largest absolute Gasteiger partial charge is 0.487 e. The Kier molecular flexibility index (Phi) is 1.71. The first-order chi connectivity index (χ1) is 5.75. The van der Waals surface area contributed by atoms with Crippen molar-refractivity contribution in [2.45, 2.75) is 18.9 Å². The number of hydrogen-bond donors (Lipinski definition) is 0. The molecule has 0 heterocycles. The minimum absolute atomic E-state index is 0.0255. The van der Waals surface area contributed by atoms with Crippen LogP contribution in [0.2, 0.25) is 0 Å². The summed E-state index contributed by atoms with van der Waals surface area (Å²) in [5.41, 5.74) is 0. The zero-order chi connectivity index (χ0) is 8.55. The van der Waals surface area contributed by atoms with Crippen molar-refractivity contribution < 1.29 is 13.5 Å². The number of hydrogen-bond acceptors (Lipinski definition) is 1. The van der Waals surface area contributed by atoms with Gasteiger partial charge in [-0.05, 0) is 25.0 Å². The van der Waals surface area contributed by atoms with Crippen LogP contribution in [0.1, 0.15) is 12.8 Å². The highest BCUT2D eigenvalue weighted by Crippen LogP contribution is 2.28. The first-order valence-corrected chi connectivity index (χ1v) is 3.87. The molecule has 0 saturated heterocycles. The van der Waals surface area contributed by atoms with Crippen molar-refractivity contribution in [3.63, 3.8) is 0 Å². The van der Waals surface area contributed by atoms with Gasteiger partial charge in [0, 0.05) is 6.07 Å². The van der Waals surface area contributed by atoms with Crippen molar-refractivity contribution in [2.24, 2.45) is 0 Å². The van der Waals surface area contributed by atoms with Crippen LogP contribution in [0.25, 0.3) is 0 Å². The van der Waals surface area contributed by atoms with Gasteiger partial charge in [0.25, 0.3) is 0 Å². The fourth-order valence-electron chi connectivity index (χ4n) is 0.933. The van der Waals surface area contributed by atoms with Crippen LogP contribution in [0.5, 0.6) is 5.75 Å². The highest BCUT2D eigenvalue weighted by atomic mass is 19.1. The highest BCUT2D eigenvalue weighted by Gasteiger charge is 2.24. The number of halogens is 2. The van der Waals surface area contributed by atoms with E-state index in [9.17, 15) is 8.78 Å². The molecule has 0 atom stereocenters. The summed E-state index contributed by atoms with van der Waals surface area (Å²) in [4.78, 5) is 0. The molecule has 2 rings (SSSR count). The second-order valence-electron chi connectivity index (χ2n) is 2.89. The summed E-state index contributed by atoms with van der Waals surface area (Å²) < 4.78 is 30.6. The molecule has 0 aromatic heterocycles. The van der Waals surface area contributed by atoms with E-state index in [0.717, 1.165) is 31.0 Å². The molecule has 1 fully saturated rings. The van der Waals surface area contributed by atoms with Crippen molar-refractivity contribution in [3.05, 3.63) is 29.8 Å². The minimum Gasteiger partial charge on any atom is -0.487 e. The second kappa shape index (κ2) is 2.73. The van der Waals surface area contributed by atoms with Gasteiger partial charge in [0.05, 0.1) is 6.10 Å². The monoisotopic (exact) mass is 170 g/mol. The molecule has 1 aliphatic carbocycles. The first kappa shape index (κ1) is 7.53. The number of rotatable bonds is 2. The third-order valence-electron chi connectivity index (χ3n) is 1.71. The predicted molar refractivity (Wildman–Crippen MR) is 40.0 cm³/mol. The predicted octanol–water partition coefficient (Wildman–Crippen LogP) is 2.51. The maximum atomic E-state index is 12.9. The molecule has 64 valence electrons. The quantitative estimate of drug-likeness (QED) is 0.662. The summed E-state index contributed by atoms with van der Waals surface area (Å²) >= 11 is 0. The van der Waals surface area contributed by atoms with Gasteiger partial charge in [-0.15, -0.1) is 0 Å². The van der Waals surface area contributed by atoms with Crippen molar-refractivity contribution in [1.82, 2.24) is 0 Å². The van der Waals surface area contributed by atoms with Gasteiger partial charge >= 0.3 is 0 Å². The summed E-state index contributed by atoms with van der Waals surface area (Å²) in [5, 5.41) is 0. The summed E-state index contributed by atoms with van der Waals surface area (Å²) in [6.45, 7) is 0. The highest BCUT2D eigenvalue weighted by molar-refractivity contribution is 5.25. The Morgan fingerprint density at radius 2 is 2.00 bits per heavy atom. The molecule has 0 radical (unpaired) electrons. The van der Waals surface area contributed by atoms with Crippen LogP contribution in [0.15, 0.2) is 18.2 Å². The van der Waals surface area contributed by atoms with E-state index in [2.05, 4.69) is 0 Å². The molecule has 0 amide bonds. The van der Waals surface area contributed by atoms with Gasteiger partial charge in [0.15, 0.2) is 11.6 Å². The summed E-state index contributed by atoms with van der Waals surface area (Å²) in [6, 6.07) is 3.23. The Morgan fingerprint density at radius 1 is 1.25 bits per heavy atom. The van der Waals surface area contributed by atoms with Crippen molar-refractivity contribution >= 4 is 0 Å². The smallest absolute Gasteiger partial charge is 0.165 e. The molecule has 12 heavy (non-hydrogen) atoms. The first-order valence-electron chi connectivity index (χ1n) is 3.87. The topological polar surface area (TPSA) is 9.23 Å². The lowest BCUT2D eigenvalue weighted by atomic mass is 10.3. The van der Waals surface area contributed by atoms with Crippen LogP contribution in [0, 0.1) is 11.6 Å². The van der Waals surface area contributed by atoms with E-state index >= 15 is 0 Å². The van der Waals surface area contributed by atoms with Crippen LogP contribution in [0.3, 0.4) is 0 Å². The van der Waals surface area contributed by atoms with Gasteiger partial charge in [-0.1, -0.05) is 0 Å². The van der Waals surface area contributed by atoms with Gasteiger partial charge in [0.1, 0.15) is 5.82 Å². The Bertz CT molecular complexity index is 295. The third kappa shape index (κ3) is 1.55. The standard InChI is InChI=1S/C9H8F2O/c10-6-1-4-8(11)9(5-6)12-7-2-3-7/h1,4-5,7H,2-3H2. The summed E-state index contributed by atoms with van der Waals surface area (Å²) in [5.74, 6) is -0.937. The lowest BCUT2D eigenvalue weighted by Gasteiger charge is -2.04. The maximum Gasteiger partial charge on any atom is 0.165 e. The van der Waals surface area contributed by atoms with E-state index in [4.69, 9.17) is 4.74 Å². The van der Waals surface area contributed by atoms with E-state index < -0.39 is 11.6 Å². The number of benzene rings is 1. The van der Waals surface area contributed by atoms with E-state index in [1.165, 1.54) is 0 Å². The average molecular weight is 170 g/mol. The van der Waals surface area contributed by atoms with E-state index in [0.29, 0.717) is 0 Å². The Hall–Kier alpha value is -1.12. The molecule has 0 N–H and O–H groups in total. The summed E-state index contributed by atoms with van der Waals surface area (Å²) in [6.07, 6.45) is 1.98. The normalized spacial score (nSPS) is 16.2. The molecule has 1 aromatic rings. The Morgan fingerprint density at radius 3 is 2.67 bits per heavy atom. The summed E-state index contributed by atoms with van der Waals surface area (Å²) in [7, 11) is 0. The molecule has 0 unspecified atom stereocenters. The van der Waals surface area contributed by atoms with Gasteiger partial charge in [0.2, 0.25) is 0 Å². The van der Waals surface area contributed by atoms with E-state index in [1.807, 2.05) is 0 Å². The molecule has 3 heteroatoms. The molecule has 0 spiro atoms. The maximum absolute atomic E-state index is 12.9. The molecule has 0 aliphatic heterocycles. The zero-order valence-electron chi connectivity index (χ0n) is 6.39. The van der Waals surface area contributed by atoms with Crippen molar-refractivity contribution in [2.75, 3.05) is 0 Å². The van der Waals surface area contributed by atoms with Gasteiger partial charge in [-0.3, -0.25) is 0 Å². The van der Waals surface area contributed by atoms with Crippen LogP contribution < -0.4 is 4.74 Å². The van der Waals surface area contributed by atoms with Crippen molar-refractivity contribution in [3.8, 4) is 5.75 Å². The van der Waals surface area contributed by atoms with Crippen LogP contribution in [-0.2, 0) is 0 Å². The van der Waals surface area contributed by atoms with Crippen LogP contribution in [-0.4, -0.2) is 6.10 Å². The van der Waals surface area contributed by atoms with Crippen molar-refractivity contribution in [1.29, 1.82) is 0 Å². The van der Waals surface area contributed by atoms with Gasteiger partial charge < -0.3 is 4.74 Å². The SMILES string of the molecule is Fc1ccc(F)c(OC2CC2)c1. The van der Waals surface area contributed by atoms with E-state index in [-0.39, 0.29) is 11.9 Å². The minimum atomic E-state index is -0.497. The van der Waals surface area contributed by atoms with Gasteiger partial charge in [-0.2, -0.15) is 0 Å². The zero-order valence-corrected chi connectivity index (χ0v) is 6.39. The molecule has 1 aromatic carbocycles. The fourth-order valence-corrected chi connectivity index (χ4v) is 0.933. The Labute approximate surface area is 69.0 Å². The fraction of sp³-hybridized carbons (Fsp3) is 0.333. The molecular weight excluding hydrogens is 162 g/mol. The van der Waals surface area contributed by atoms with Crippen LogP contribution >= 0.6 is 0 Å². The Balaban J connectivity index is 2.21. The lowest BCUT2D eigenvalue weighted by Crippen LogP contribution is -1.98. The molecular formula is C9H8F2O. The lowest BCUT2D eigenvalue weighted by molar-refractivity contribution is 0.286. The average Bonchev–Trinajstić information content (AvgIpc) is 2.81. The molecule has 1 nitrogen and oxygen atoms in total. The molecule has 1 aliphatic rings. The number of ether oxygens (including phenoxy) is 1. The van der Waals surface area contributed by atoms with Gasteiger partial charge in [-0.25, -0.2) is 8.78 Å². The second-order valence-corrected chi connectivity index (χ2v) is 2.89. The third-order valence-corrected chi connectivity index (χ3v) is 1.71. The molecule has 0 bridgehead atoms. The molecule has 1 saturated carbocycles. The van der Waals surface area contributed by atoms with Crippen LogP contribution in [0.4, 0.5) is 8.78 Å².